The van der Waals surface area contributed by atoms with E-state index in [0.29, 0.717) is 17.3 Å². The van der Waals surface area contributed by atoms with Crippen molar-refractivity contribution in [2.45, 2.75) is 6.61 Å². The maximum absolute atomic E-state index is 11.6. The molecule has 1 aromatic rings. The summed E-state index contributed by atoms with van der Waals surface area (Å²) in [6, 6.07) is 5.18. The second-order valence-corrected chi connectivity index (χ2v) is 4.91. The average Bonchev–Trinajstić information content (AvgIpc) is 2.31. The Bertz CT molecular complexity index is 452. The summed E-state index contributed by atoms with van der Waals surface area (Å²) < 4.78 is 5.97. The summed E-state index contributed by atoms with van der Waals surface area (Å²) in [5.74, 6) is 0. The zero-order chi connectivity index (χ0) is 13.5. The average molecular weight is 334 g/mol. The SMILES string of the molecule is C=C(Cl)CNC(=O)Nc1cccc(Br)c1COC. The number of halogens is 2. The Morgan fingerprint density at radius 1 is 1.56 bits per heavy atom. The van der Waals surface area contributed by atoms with Crippen molar-refractivity contribution in [3.05, 3.63) is 39.8 Å². The van der Waals surface area contributed by atoms with Gasteiger partial charge in [0, 0.05) is 27.9 Å². The highest BCUT2D eigenvalue weighted by Crippen LogP contribution is 2.25. The Morgan fingerprint density at radius 2 is 2.28 bits per heavy atom. The molecule has 0 fully saturated rings. The summed E-state index contributed by atoms with van der Waals surface area (Å²) in [4.78, 5) is 11.6. The molecule has 18 heavy (non-hydrogen) atoms. The van der Waals surface area contributed by atoms with Gasteiger partial charge in [0.25, 0.3) is 0 Å². The summed E-state index contributed by atoms with van der Waals surface area (Å²) in [6.07, 6.45) is 0. The van der Waals surface area contributed by atoms with Crippen LogP contribution >= 0.6 is 27.5 Å². The lowest BCUT2D eigenvalue weighted by molar-refractivity contribution is 0.185. The maximum Gasteiger partial charge on any atom is 0.319 e. The number of ether oxygens (including phenoxy) is 1. The van der Waals surface area contributed by atoms with Gasteiger partial charge in [-0.1, -0.05) is 40.2 Å². The lowest BCUT2D eigenvalue weighted by Gasteiger charge is -2.12. The smallest absolute Gasteiger partial charge is 0.319 e. The molecule has 1 rings (SSSR count). The van der Waals surface area contributed by atoms with Crippen molar-refractivity contribution >= 4 is 39.2 Å². The molecule has 0 heterocycles. The molecule has 0 aliphatic heterocycles. The summed E-state index contributed by atoms with van der Waals surface area (Å²) in [5, 5.41) is 5.69. The van der Waals surface area contributed by atoms with Crippen LogP contribution in [0.25, 0.3) is 0 Å². The third-order valence-electron chi connectivity index (χ3n) is 2.10. The monoisotopic (exact) mass is 332 g/mol. The number of benzene rings is 1. The molecule has 98 valence electrons. The fourth-order valence-corrected chi connectivity index (χ4v) is 1.86. The van der Waals surface area contributed by atoms with Crippen LogP contribution < -0.4 is 10.6 Å². The highest BCUT2D eigenvalue weighted by atomic mass is 79.9. The van der Waals surface area contributed by atoms with E-state index >= 15 is 0 Å². The van der Waals surface area contributed by atoms with Crippen LogP contribution in [0.5, 0.6) is 0 Å². The van der Waals surface area contributed by atoms with Crippen LogP contribution in [0.3, 0.4) is 0 Å². The minimum atomic E-state index is -0.341. The largest absolute Gasteiger partial charge is 0.380 e. The van der Waals surface area contributed by atoms with Gasteiger partial charge in [-0.05, 0) is 12.1 Å². The van der Waals surface area contributed by atoms with Crippen LogP contribution in [-0.2, 0) is 11.3 Å². The van der Waals surface area contributed by atoms with Crippen LogP contribution in [0.4, 0.5) is 10.5 Å². The molecule has 0 atom stereocenters. The van der Waals surface area contributed by atoms with Crippen LogP contribution in [0.1, 0.15) is 5.56 Å². The normalized spacial score (nSPS) is 9.94. The van der Waals surface area contributed by atoms with E-state index in [-0.39, 0.29) is 12.6 Å². The summed E-state index contributed by atoms with van der Waals surface area (Å²) in [7, 11) is 1.60. The van der Waals surface area contributed by atoms with Crippen LogP contribution in [0, 0.1) is 0 Å². The van der Waals surface area contributed by atoms with Crippen LogP contribution in [0.15, 0.2) is 34.3 Å². The van der Waals surface area contributed by atoms with Gasteiger partial charge in [-0.25, -0.2) is 4.79 Å². The van der Waals surface area contributed by atoms with E-state index in [2.05, 4.69) is 33.1 Å². The van der Waals surface area contributed by atoms with E-state index in [1.165, 1.54) is 0 Å². The molecule has 1 aromatic carbocycles. The topological polar surface area (TPSA) is 50.4 Å². The van der Waals surface area contributed by atoms with E-state index < -0.39 is 0 Å². The lowest BCUT2D eigenvalue weighted by Crippen LogP contribution is -2.30. The number of nitrogens with one attached hydrogen (secondary N) is 2. The first-order valence-electron chi connectivity index (χ1n) is 5.19. The highest BCUT2D eigenvalue weighted by molar-refractivity contribution is 9.10. The van der Waals surface area contributed by atoms with Gasteiger partial charge < -0.3 is 15.4 Å². The Hall–Kier alpha value is -1.04. The standard InChI is InChI=1S/C12H14BrClN2O2/c1-8(14)6-15-12(17)16-11-5-3-4-10(13)9(11)7-18-2/h3-5H,1,6-7H2,2H3,(H2,15,16,17). The van der Waals surface area contributed by atoms with Crippen LogP contribution in [-0.4, -0.2) is 19.7 Å². The zero-order valence-electron chi connectivity index (χ0n) is 9.93. The van der Waals surface area contributed by atoms with Crippen molar-refractivity contribution in [2.24, 2.45) is 0 Å². The second kappa shape index (κ2) is 7.41. The molecule has 0 saturated carbocycles. The third kappa shape index (κ3) is 4.68. The van der Waals surface area contributed by atoms with Crippen LogP contribution in [0.2, 0.25) is 0 Å². The lowest BCUT2D eigenvalue weighted by atomic mass is 10.2. The summed E-state index contributed by atoms with van der Waals surface area (Å²) in [6.45, 7) is 4.12. The predicted octanol–water partition coefficient (Wildman–Crippen LogP) is 3.47. The quantitative estimate of drug-likeness (QED) is 0.867. The van der Waals surface area contributed by atoms with E-state index in [1.54, 1.807) is 13.2 Å². The molecular weight excluding hydrogens is 320 g/mol. The van der Waals surface area contributed by atoms with Crippen molar-refractivity contribution in [3.63, 3.8) is 0 Å². The van der Waals surface area contributed by atoms with Crippen molar-refractivity contribution in [2.75, 3.05) is 19.0 Å². The molecule has 2 amide bonds. The molecule has 0 aliphatic carbocycles. The van der Waals surface area contributed by atoms with E-state index in [0.717, 1.165) is 10.0 Å². The molecule has 2 N–H and O–H groups in total. The number of amides is 2. The summed E-state index contributed by atoms with van der Waals surface area (Å²) >= 11 is 8.98. The van der Waals surface area contributed by atoms with Gasteiger partial charge in [-0.15, -0.1) is 0 Å². The number of carbonyl (C=O) groups is 1. The number of hydrogen-bond donors (Lipinski definition) is 2. The molecule has 0 spiro atoms. The van der Waals surface area contributed by atoms with Gasteiger partial charge in [-0.3, -0.25) is 0 Å². The van der Waals surface area contributed by atoms with Gasteiger partial charge in [0.1, 0.15) is 0 Å². The molecule has 0 bridgehead atoms. The predicted molar refractivity (Wildman–Crippen MR) is 76.9 cm³/mol. The van der Waals surface area contributed by atoms with Gasteiger partial charge in [-0.2, -0.15) is 0 Å². The third-order valence-corrected chi connectivity index (χ3v) is 2.97. The van der Waals surface area contributed by atoms with Crippen molar-refractivity contribution < 1.29 is 9.53 Å². The van der Waals surface area contributed by atoms with E-state index in [1.807, 2.05) is 12.1 Å². The highest BCUT2D eigenvalue weighted by Gasteiger charge is 2.09. The molecule has 0 aliphatic rings. The first kappa shape index (κ1) is 15.0. The molecular formula is C12H14BrClN2O2. The van der Waals surface area contributed by atoms with Gasteiger partial charge in [0.15, 0.2) is 0 Å². The molecule has 6 heteroatoms. The number of rotatable bonds is 5. The molecule has 0 saturated heterocycles. The van der Waals surface area contributed by atoms with E-state index in [9.17, 15) is 4.79 Å². The fraction of sp³-hybridized carbons (Fsp3) is 0.250. The first-order chi connectivity index (χ1) is 8.54. The van der Waals surface area contributed by atoms with Crippen molar-refractivity contribution in [3.8, 4) is 0 Å². The van der Waals surface area contributed by atoms with Gasteiger partial charge in [0.2, 0.25) is 0 Å². The molecule has 0 radical (unpaired) electrons. The Balaban J connectivity index is 2.74. The number of methoxy groups -OCH3 is 1. The Kier molecular flexibility index (Phi) is 6.18. The second-order valence-electron chi connectivity index (χ2n) is 3.52. The zero-order valence-corrected chi connectivity index (χ0v) is 12.3. The number of urea groups is 1. The number of anilines is 1. The van der Waals surface area contributed by atoms with E-state index in [4.69, 9.17) is 16.3 Å². The van der Waals surface area contributed by atoms with Gasteiger partial charge in [0.05, 0.1) is 13.2 Å². The molecule has 4 nitrogen and oxygen atoms in total. The minimum absolute atomic E-state index is 0.223. The number of hydrogen-bond acceptors (Lipinski definition) is 2. The number of carbonyl (C=O) groups excluding carboxylic acids is 1. The summed E-state index contributed by atoms with van der Waals surface area (Å²) in [5.41, 5.74) is 1.56. The molecule has 0 unspecified atom stereocenters. The first-order valence-corrected chi connectivity index (χ1v) is 6.36. The molecule has 0 aromatic heterocycles. The van der Waals surface area contributed by atoms with Crippen molar-refractivity contribution in [1.29, 1.82) is 0 Å². The maximum atomic E-state index is 11.6. The Labute approximate surface area is 119 Å². The minimum Gasteiger partial charge on any atom is -0.380 e. The van der Waals surface area contributed by atoms with Crippen molar-refractivity contribution in [1.82, 2.24) is 5.32 Å². The van der Waals surface area contributed by atoms with Gasteiger partial charge >= 0.3 is 6.03 Å². The fourth-order valence-electron chi connectivity index (χ4n) is 1.31. The Morgan fingerprint density at radius 3 is 2.89 bits per heavy atom.